The summed E-state index contributed by atoms with van der Waals surface area (Å²) in [7, 11) is 0. The lowest BCUT2D eigenvalue weighted by Crippen LogP contribution is -2.22. The number of aliphatic hydroxyl groups excluding tert-OH is 1. The lowest BCUT2D eigenvalue weighted by atomic mass is 9.97. The number of nitrogens with zero attached hydrogens (tertiary/aromatic N) is 3. The molecule has 2 aromatic heterocycles. The maximum Gasteiger partial charge on any atom is 0.159 e. The van der Waals surface area contributed by atoms with Crippen molar-refractivity contribution < 1.29 is 10.2 Å². The van der Waals surface area contributed by atoms with Gasteiger partial charge in [0.15, 0.2) is 5.82 Å². The Balaban J connectivity index is 1.41. The highest BCUT2D eigenvalue weighted by Crippen LogP contribution is 2.32. The summed E-state index contributed by atoms with van der Waals surface area (Å²) < 4.78 is 0. The Morgan fingerprint density at radius 2 is 2.06 bits per heavy atom. The van der Waals surface area contributed by atoms with Crippen molar-refractivity contribution >= 4 is 16.5 Å². The smallest absolute Gasteiger partial charge is 0.159 e. The maximum absolute atomic E-state index is 9.81. The van der Waals surface area contributed by atoms with Gasteiger partial charge in [-0.2, -0.15) is 5.10 Å². The average Bonchev–Trinajstić information content (AvgIpc) is 3.56. The highest BCUT2D eigenvalue weighted by Gasteiger charge is 2.19. The molecule has 7 nitrogen and oxygen atoms in total. The molecule has 0 bridgehead atoms. The summed E-state index contributed by atoms with van der Waals surface area (Å²) in [5, 5.41) is 27.5. The number of H-pyrrole nitrogens is 2. The van der Waals surface area contributed by atoms with Gasteiger partial charge in [0.1, 0.15) is 11.4 Å². The van der Waals surface area contributed by atoms with Crippen LogP contribution in [-0.2, 0) is 6.42 Å². The number of phenolic OH excluding ortho intramolecular Hbond substituents is 1. The Morgan fingerprint density at radius 3 is 2.91 bits per heavy atom. The lowest BCUT2D eigenvalue weighted by molar-refractivity contribution is 0.252. The molecule has 1 aliphatic heterocycles. The number of benzene rings is 2. The number of rotatable bonds is 7. The minimum atomic E-state index is 0.223. The van der Waals surface area contributed by atoms with E-state index in [4.69, 9.17) is 5.11 Å². The molecule has 32 heavy (non-hydrogen) atoms. The molecule has 0 aliphatic carbocycles. The highest BCUT2D eigenvalue weighted by molar-refractivity contribution is 5.94. The zero-order valence-electron chi connectivity index (χ0n) is 18.1. The van der Waals surface area contributed by atoms with E-state index in [0.29, 0.717) is 0 Å². The molecule has 1 aliphatic rings. The fraction of sp³-hybridized carbons (Fsp3) is 0.280. The van der Waals surface area contributed by atoms with Gasteiger partial charge in [0.05, 0.1) is 17.4 Å². The summed E-state index contributed by atoms with van der Waals surface area (Å²) in [4.78, 5) is 10.3. The van der Waals surface area contributed by atoms with Gasteiger partial charge in [-0.25, -0.2) is 4.98 Å². The molecule has 4 N–H and O–H groups in total. The molecule has 0 atom stereocenters. The van der Waals surface area contributed by atoms with Gasteiger partial charge < -0.3 is 15.2 Å². The molecule has 0 saturated heterocycles. The van der Waals surface area contributed by atoms with E-state index in [1.165, 1.54) is 5.57 Å². The number of hydrogen-bond acceptors (Lipinski definition) is 5. The van der Waals surface area contributed by atoms with Crippen LogP contribution >= 0.6 is 0 Å². The molecule has 2 aromatic carbocycles. The first-order chi connectivity index (χ1) is 15.7. The predicted octanol–water partition coefficient (Wildman–Crippen LogP) is 3.97. The minimum Gasteiger partial charge on any atom is -0.508 e. The van der Waals surface area contributed by atoms with Crippen LogP contribution < -0.4 is 0 Å². The van der Waals surface area contributed by atoms with E-state index in [9.17, 15) is 5.11 Å². The number of aliphatic hydroxyl groups is 1. The van der Waals surface area contributed by atoms with Crippen LogP contribution in [0.15, 0.2) is 48.7 Å². The first-order valence-electron chi connectivity index (χ1n) is 11.0. The number of aromatic nitrogens is 4. The highest BCUT2D eigenvalue weighted by atomic mass is 16.3. The van der Waals surface area contributed by atoms with Gasteiger partial charge in [-0.1, -0.05) is 25.1 Å². The number of phenols is 1. The molecule has 0 amide bonds. The van der Waals surface area contributed by atoms with Gasteiger partial charge >= 0.3 is 0 Å². The number of nitrogens with one attached hydrogen (secondary N) is 2. The van der Waals surface area contributed by atoms with Crippen LogP contribution in [0.2, 0.25) is 0 Å². The van der Waals surface area contributed by atoms with Gasteiger partial charge in [-0.15, -0.1) is 0 Å². The van der Waals surface area contributed by atoms with Crippen molar-refractivity contribution in [2.75, 3.05) is 26.2 Å². The topological polar surface area (TPSA) is 101 Å². The number of aromatic hydroxyl groups is 1. The van der Waals surface area contributed by atoms with Gasteiger partial charge in [0.2, 0.25) is 0 Å². The molecule has 0 spiro atoms. The summed E-state index contributed by atoms with van der Waals surface area (Å²) in [5.74, 6) is 1.03. The number of aromatic amines is 2. The molecule has 0 fully saturated rings. The summed E-state index contributed by atoms with van der Waals surface area (Å²) in [6, 6.07) is 11.8. The molecule has 0 radical (unpaired) electrons. The van der Waals surface area contributed by atoms with E-state index in [0.717, 1.165) is 77.3 Å². The van der Waals surface area contributed by atoms with Gasteiger partial charge in [-0.3, -0.25) is 10.00 Å². The summed E-state index contributed by atoms with van der Waals surface area (Å²) >= 11 is 0. The van der Waals surface area contributed by atoms with E-state index >= 15 is 0 Å². The zero-order chi connectivity index (χ0) is 22.1. The monoisotopic (exact) mass is 429 g/mol. The fourth-order valence-corrected chi connectivity index (χ4v) is 4.40. The Labute approximate surface area is 186 Å². The van der Waals surface area contributed by atoms with E-state index in [1.54, 1.807) is 6.07 Å². The van der Waals surface area contributed by atoms with Crippen LogP contribution in [0.4, 0.5) is 0 Å². The van der Waals surface area contributed by atoms with Crippen LogP contribution in [0.5, 0.6) is 5.75 Å². The largest absolute Gasteiger partial charge is 0.508 e. The number of fused-ring (bicyclic) bond motifs is 1. The van der Waals surface area contributed by atoms with E-state index < -0.39 is 0 Å². The third-order valence-electron chi connectivity index (χ3n) is 6.11. The van der Waals surface area contributed by atoms with Gasteiger partial charge in [-0.05, 0) is 59.4 Å². The van der Waals surface area contributed by atoms with Gasteiger partial charge in [0.25, 0.3) is 0 Å². The third kappa shape index (κ3) is 3.81. The molecule has 5 rings (SSSR count). The fourth-order valence-electron chi connectivity index (χ4n) is 4.40. The SMILES string of the molecule is CCc1cc(O)ccc1-c1ccc2c(-c3ncc(C4=CCN(CCCO)C4)[nH]3)n[nH]c2c1. The molecule has 0 saturated carbocycles. The number of imidazole rings is 1. The van der Waals surface area contributed by atoms with Crippen molar-refractivity contribution in [1.29, 1.82) is 0 Å². The molecule has 0 unspecified atom stereocenters. The Kier molecular flexibility index (Phi) is 5.51. The van der Waals surface area contributed by atoms with Crippen LogP contribution in [0, 0.1) is 0 Å². The van der Waals surface area contributed by atoms with E-state index in [1.807, 2.05) is 18.3 Å². The zero-order valence-corrected chi connectivity index (χ0v) is 18.1. The average molecular weight is 430 g/mol. The van der Waals surface area contributed by atoms with E-state index in [-0.39, 0.29) is 12.4 Å². The summed E-state index contributed by atoms with van der Waals surface area (Å²) in [6.07, 6.45) is 5.72. The van der Waals surface area contributed by atoms with Crippen molar-refractivity contribution in [3.8, 4) is 28.4 Å². The molecule has 164 valence electrons. The minimum absolute atomic E-state index is 0.223. The van der Waals surface area contributed by atoms with Crippen molar-refractivity contribution in [3.05, 3.63) is 59.9 Å². The van der Waals surface area contributed by atoms with Gasteiger partial charge in [0, 0.05) is 31.6 Å². The second-order valence-electron chi connectivity index (χ2n) is 8.21. The second kappa shape index (κ2) is 8.61. The molecule has 3 heterocycles. The van der Waals surface area contributed by atoms with Crippen LogP contribution in [0.1, 0.15) is 24.6 Å². The number of hydrogen-bond donors (Lipinski definition) is 4. The van der Waals surface area contributed by atoms with E-state index in [2.05, 4.69) is 56.3 Å². The van der Waals surface area contributed by atoms with Crippen LogP contribution in [0.3, 0.4) is 0 Å². The standard InChI is InChI=1S/C25H27N5O2/c1-2-16-12-19(32)5-7-20(16)17-4-6-21-22(13-17)28-29-24(21)25-26-14-23(27-25)18-8-10-30(15-18)9-3-11-31/h4-8,12-14,31-32H,2-3,9-11,15H2,1H3,(H,26,27)(H,28,29). The van der Waals surface area contributed by atoms with Crippen LogP contribution in [0.25, 0.3) is 39.1 Å². The Hall–Kier alpha value is -3.42. The number of aryl methyl sites for hydroxylation is 1. The second-order valence-corrected chi connectivity index (χ2v) is 8.21. The van der Waals surface area contributed by atoms with Crippen molar-refractivity contribution in [2.45, 2.75) is 19.8 Å². The Bertz CT molecular complexity index is 1290. The van der Waals surface area contributed by atoms with Crippen molar-refractivity contribution in [2.24, 2.45) is 0 Å². The molecule has 4 aromatic rings. The first kappa shape index (κ1) is 20.5. The van der Waals surface area contributed by atoms with Crippen LogP contribution in [-0.4, -0.2) is 61.5 Å². The summed E-state index contributed by atoms with van der Waals surface area (Å²) in [6.45, 7) is 4.96. The quantitative estimate of drug-likeness (QED) is 0.356. The van der Waals surface area contributed by atoms with Crippen molar-refractivity contribution in [3.63, 3.8) is 0 Å². The molecule has 7 heteroatoms. The maximum atomic E-state index is 9.81. The molecular formula is C25H27N5O2. The third-order valence-corrected chi connectivity index (χ3v) is 6.11. The molecular weight excluding hydrogens is 402 g/mol. The van der Waals surface area contributed by atoms with Crippen molar-refractivity contribution in [1.82, 2.24) is 25.1 Å². The normalized spacial score (nSPS) is 14.4. The Morgan fingerprint density at radius 1 is 1.16 bits per heavy atom. The lowest BCUT2D eigenvalue weighted by Gasteiger charge is -2.14. The summed E-state index contributed by atoms with van der Waals surface area (Å²) in [5.41, 5.74) is 7.29. The first-order valence-corrected chi connectivity index (χ1v) is 11.0. The predicted molar refractivity (Wildman–Crippen MR) is 126 cm³/mol.